The van der Waals surface area contributed by atoms with E-state index in [-0.39, 0.29) is 12.0 Å². The molecule has 0 unspecified atom stereocenters. The molecule has 1 aliphatic rings. The molecule has 1 N–H and O–H groups in total. The van der Waals surface area contributed by atoms with Gasteiger partial charge in [0, 0.05) is 24.5 Å². The van der Waals surface area contributed by atoms with Crippen molar-refractivity contribution in [1.82, 2.24) is 4.90 Å². The van der Waals surface area contributed by atoms with Crippen molar-refractivity contribution < 1.29 is 14.6 Å². The minimum atomic E-state index is -0.243. The third-order valence-corrected chi connectivity index (χ3v) is 3.69. The van der Waals surface area contributed by atoms with Crippen LogP contribution in [-0.2, 0) is 4.79 Å². The number of carbonyl (C=O) groups is 1. The standard InChI is InChI=1S/C15H20ClNO3/c16-12-3-5-14(6-4-12)20-11-1-2-15(19)17-9-7-13(18)8-10-17/h3-6,13,18H,1-2,7-11H2. The lowest BCUT2D eigenvalue weighted by Crippen LogP contribution is -2.40. The van der Waals surface area contributed by atoms with E-state index in [9.17, 15) is 9.90 Å². The number of aliphatic hydroxyl groups is 1. The molecule has 4 nitrogen and oxygen atoms in total. The van der Waals surface area contributed by atoms with Gasteiger partial charge >= 0.3 is 0 Å². The molecule has 0 bridgehead atoms. The fourth-order valence-corrected chi connectivity index (χ4v) is 2.34. The van der Waals surface area contributed by atoms with Crippen LogP contribution in [0, 0.1) is 0 Å². The van der Waals surface area contributed by atoms with Gasteiger partial charge in [-0.25, -0.2) is 0 Å². The van der Waals surface area contributed by atoms with Crippen LogP contribution in [0.2, 0.25) is 5.02 Å². The van der Waals surface area contributed by atoms with Crippen molar-refractivity contribution in [3.63, 3.8) is 0 Å². The Morgan fingerprint density at radius 3 is 2.60 bits per heavy atom. The molecule has 1 saturated heterocycles. The summed E-state index contributed by atoms with van der Waals surface area (Å²) in [7, 11) is 0. The SMILES string of the molecule is O=C(CCCOc1ccc(Cl)cc1)N1CCC(O)CC1. The van der Waals surface area contributed by atoms with Gasteiger partial charge in [0.15, 0.2) is 0 Å². The van der Waals surface area contributed by atoms with Crippen molar-refractivity contribution in [2.24, 2.45) is 0 Å². The number of hydrogen-bond acceptors (Lipinski definition) is 3. The zero-order chi connectivity index (χ0) is 14.4. The summed E-state index contributed by atoms with van der Waals surface area (Å²) in [4.78, 5) is 13.8. The molecule has 1 heterocycles. The van der Waals surface area contributed by atoms with Gasteiger partial charge in [0.1, 0.15) is 5.75 Å². The lowest BCUT2D eigenvalue weighted by Gasteiger charge is -2.29. The largest absolute Gasteiger partial charge is 0.494 e. The highest BCUT2D eigenvalue weighted by Gasteiger charge is 2.20. The highest BCUT2D eigenvalue weighted by atomic mass is 35.5. The van der Waals surface area contributed by atoms with Crippen LogP contribution in [0.1, 0.15) is 25.7 Å². The molecule has 1 amide bonds. The predicted molar refractivity (Wildman–Crippen MR) is 78.0 cm³/mol. The minimum absolute atomic E-state index is 0.150. The molecular weight excluding hydrogens is 278 g/mol. The van der Waals surface area contributed by atoms with Gasteiger partial charge in [-0.05, 0) is 43.5 Å². The van der Waals surface area contributed by atoms with Gasteiger partial charge in [-0.3, -0.25) is 4.79 Å². The number of aliphatic hydroxyl groups excluding tert-OH is 1. The van der Waals surface area contributed by atoms with E-state index in [0.717, 1.165) is 5.75 Å². The maximum absolute atomic E-state index is 11.9. The number of halogens is 1. The Morgan fingerprint density at radius 1 is 1.30 bits per heavy atom. The first-order valence-electron chi connectivity index (χ1n) is 6.99. The zero-order valence-electron chi connectivity index (χ0n) is 11.4. The molecule has 0 saturated carbocycles. The third-order valence-electron chi connectivity index (χ3n) is 3.43. The first-order chi connectivity index (χ1) is 9.65. The molecule has 5 heteroatoms. The molecule has 0 radical (unpaired) electrons. The molecule has 1 aromatic rings. The lowest BCUT2D eigenvalue weighted by molar-refractivity contribution is -0.133. The Hall–Kier alpha value is -1.26. The van der Waals surface area contributed by atoms with Crippen LogP contribution in [0.25, 0.3) is 0 Å². The van der Waals surface area contributed by atoms with Crippen molar-refractivity contribution >= 4 is 17.5 Å². The van der Waals surface area contributed by atoms with Crippen LogP contribution in [0.4, 0.5) is 0 Å². The average Bonchev–Trinajstić information content (AvgIpc) is 2.46. The minimum Gasteiger partial charge on any atom is -0.494 e. The quantitative estimate of drug-likeness (QED) is 0.850. The van der Waals surface area contributed by atoms with E-state index >= 15 is 0 Å². The second-order valence-electron chi connectivity index (χ2n) is 5.02. The molecule has 1 aromatic carbocycles. The van der Waals surface area contributed by atoms with E-state index in [1.165, 1.54) is 0 Å². The maximum atomic E-state index is 11.9. The Kier molecular flexibility index (Phi) is 5.68. The molecule has 110 valence electrons. The average molecular weight is 298 g/mol. The summed E-state index contributed by atoms with van der Waals surface area (Å²) in [5.74, 6) is 0.916. The smallest absolute Gasteiger partial charge is 0.222 e. The predicted octanol–water partition coefficient (Wildman–Crippen LogP) is 2.48. The summed E-state index contributed by atoms with van der Waals surface area (Å²) in [6.45, 7) is 1.85. The number of ether oxygens (including phenoxy) is 1. The molecule has 2 rings (SSSR count). The lowest BCUT2D eigenvalue weighted by atomic mass is 10.1. The first-order valence-corrected chi connectivity index (χ1v) is 7.37. The maximum Gasteiger partial charge on any atom is 0.222 e. The highest BCUT2D eigenvalue weighted by Crippen LogP contribution is 2.16. The van der Waals surface area contributed by atoms with E-state index in [0.29, 0.717) is 50.4 Å². The molecule has 1 aliphatic heterocycles. The van der Waals surface area contributed by atoms with E-state index in [4.69, 9.17) is 16.3 Å². The Bertz CT molecular complexity index is 427. The topological polar surface area (TPSA) is 49.8 Å². The fraction of sp³-hybridized carbons (Fsp3) is 0.533. The normalized spacial score (nSPS) is 16.2. The van der Waals surface area contributed by atoms with Crippen LogP contribution in [-0.4, -0.2) is 41.7 Å². The number of carbonyl (C=O) groups excluding carboxylic acids is 1. The molecule has 1 fully saturated rings. The van der Waals surface area contributed by atoms with Crippen molar-refractivity contribution in [2.75, 3.05) is 19.7 Å². The van der Waals surface area contributed by atoms with Crippen LogP contribution in [0.3, 0.4) is 0 Å². The van der Waals surface area contributed by atoms with Crippen molar-refractivity contribution in [3.05, 3.63) is 29.3 Å². The van der Waals surface area contributed by atoms with E-state index in [1.807, 2.05) is 17.0 Å². The molecule has 0 aromatic heterocycles. The van der Waals surface area contributed by atoms with Crippen LogP contribution in [0.15, 0.2) is 24.3 Å². The molecule has 0 spiro atoms. The van der Waals surface area contributed by atoms with Gasteiger partial charge in [-0.2, -0.15) is 0 Å². The fourth-order valence-electron chi connectivity index (χ4n) is 2.22. The van der Waals surface area contributed by atoms with Crippen molar-refractivity contribution in [2.45, 2.75) is 31.8 Å². The van der Waals surface area contributed by atoms with Crippen LogP contribution >= 0.6 is 11.6 Å². The van der Waals surface area contributed by atoms with E-state index < -0.39 is 0 Å². The number of rotatable bonds is 5. The summed E-state index contributed by atoms with van der Waals surface area (Å²) in [6.07, 6.45) is 2.32. The number of hydrogen-bond donors (Lipinski definition) is 1. The van der Waals surface area contributed by atoms with Gasteiger partial charge in [0.25, 0.3) is 0 Å². The van der Waals surface area contributed by atoms with E-state index in [2.05, 4.69) is 0 Å². The number of piperidine rings is 1. The second kappa shape index (κ2) is 7.50. The summed E-state index contributed by atoms with van der Waals surface area (Å²) in [5.41, 5.74) is 0. The number of benzene rings is 1. The van der Waals surface area contributed by atoms with Gasteiger partial charge in [0.2, 0.25) is 5.91 Å². The third kappa shape index (κ3) is 4.69. The van der Waals surface area contributed by atoms with Crippen LogP contribution in [0.5, 0.6) is 5.75 Å². The molecule has 0 atom stereocenters. The first kappa shape index (κ1) is 15.1. The van der Waals surface area contributed by atoms with Gasteiger partial charge in [0.05, 0.1) is 12.7 Å². The van der Waals surface area contributed by atoms with Gasteiger partial charge in [-0.15, -0.1) is 0 Å². The Labute approximate surface area is 124 Å². The van der Waals surface area contributed by atoms with Crippen molar-refractivity contribution in [1.29, 1.82) is 0 Å². The molecular formula is C15H20ClNO3. The number of amides is 1. The Balaban J connectivity index is 1.63. The summed E-state index contributed by atoms with van der Waals surface area (Å²) >= 11 is 5.79. The molecule has 20 heavy (non-hydrogen) atoms. The summed E-state index contributed by atoms with van der Waals surface area (Å²) < 4.78 is 5.55. The van der Waals surface area contributed by atoms with Crippen molar-refractivity contribution in [3.8, 4) is 5.75 Å². The molecule has 0 aliphatic carbocycles. The van der Waals surface area contributed by atoms with Gasteiger partial charge in [-0.1, -0.05) is 11.6 Å². The second-order valence-corrected chi connectivity index (χ2v) is 5.45. The van der Waals surface area contributed by atoms with Gasteiger partial charge < -0.3 is 14.7 Å². The zero-order valence-corrected chi connectivity index (χ0v) is 12.2. The Morgan fingerprint density at radius 2 is 1.95 bits per heavy atom. The number of nitrogens with zero attached hydrogens (tertiary/aromatic N) is 1. The van der Waals surface area contributed by atoms with E-state index in [1.54, 1.807) is 12.1 Å². The number of likely N-dealkylation sites (tertiary alicyclic amines) is 1. The summed E-state index contributed by atoms with van der Waals surface area (Å²) in [5, 5.41) is 10.1. The van der Waals surface area contributed by atoms with Crippen LogP contribution < -0.4 is 4.74 Å². The monoisotopic (exact) mass is 297 g/mol. The highest BCUT2D eigenvalue weighted by molar-refractivity contribution is 6.30. The summed E-state index contributed by atoms with van der Waals surface area (Å²) in [6, 6.07) is 7.19.